The zero-order chi connectivity index (χ0) is 22.0. The van der Waals surface area contributed by atoms with Crippen molar-refractivity contribution < 1.29 is 14.3 Å². The van der Waals surface area contributed by atoms with Crippen LogP contribution in [0.4, 0.5) is 0 Å². The average Bonchev–Trinajstić information content (AvgIpc) is 3.21. The second-order valence-electron chi connectivity index (χ2n) is 10.6. The lowest BCUT2D eigenvalue weighted by molar-refractivity contribution is -0.134. The summed E-state index contributed by atoms with van der Waals surface area (Å²) in [4.78, 5) is 42.9. The maximum Gasteiger partial charge on any atom is 0.338 e. The van der Waals surface area contributed by atoms with E-state index in [0.29, 0.717) is 23.0 Å². The van der Waals surface area contributed by atoms with E-state index in [4.69, 9.17) is 4.74 Å². The van der Waals surface area contributed by atoms with Crippen molar-refractivity contribution in [3.8, 4) is 0 Å². The van der Waals surface area contributed by atoms with Crippen LogP contribution in [0.2, 0.25) is 0 Å². The summed E-state index contributed by atoms with van der Waals surface area (Å²) in [6.07, 6.45) is 7.90. The molecule has 7 nitrogen and oxygen atoms in total. The Balaban J connectivity index is 1.16. The van der Waals surface area contributed by atoms with Gasteiger partial charge in [-0.15, -0.1) is 0 Å². The number of aromatic nitrogens is 2. The monoisotopic (exact) mass is 435 g/mol. The van der Waals surface area contributed by atoms with Gasteiger partial charge in [-0.2, -0.15) is 0 Å². The van der Waals surface area contributed by atoms with Gasteiger partial charge in [-0.05, 0) is 87.8 Å². The highest BCUT2D eigenvalue weighted by Gasteiger charge is 2.51. The zero-order valence-electron chi connectivity index (χ0n) is 18.4. The third-order valence-electron chi connectivity index (χ3n) is 8.13. The van der Waals surface area contributed by atoms with Gasteiger partial charge in [0.15, 0.2) is 6.10 Å². The molecule has 1 atom stereocenters. The van der Waals surface area contributed by atoms with Crippen molar-refractivity contribution in [2.24, 2.45) is 17.8 Å². The number of aryl methyl sites for hydroxylation is 1. The van der Waals surface area contributed by atoms with Gasteiger partial charge in [-0.3, -0.25) is 14.2 Å². The normalized spacial score (nSPS) is 30.8. The van der Waals surface area contributed by atoms with Crippen LogP contribution in [0.5, 0.6) is 0 Å². The van der Waals surface area contributed by atoms with Crippen molar-refractivity contribution in [3.05, 3.63) is 39.9 Å². The minimum atomic E-state index is -0.871. The smallest absolute Gasteiger partial charge is 0.338 e. The van der Waals surface area contributed by atoms with E-state index in [-0.39, 0.29) is 17.0 Å². The third-order valence-corrected chi connectivity index (χ3v) is 8.13. The summed E-state index contributed by atoms with van der Waals surface area (Å²) < 4.78 is 7.23. The third kappa shape index (κ3) is 3.24. The molecular formula is C25H29N3O4. The molecule has 4 bridgehead atoms. The number of amides is 1. The first-order valence-electron chi connectivity index (χ1n) is 12.0. The lowest BCUT2D eigenvalue weighted by Gasteiger charge is -2.57. The van der Waals surface area contributed by atoms with Crippen LogP contribution in [0, 0.1) is 17.8 Å². The number of fused-ring (bicyclic) bond motifs is 2. The number of nitrogens with one attached hydrogen (secondary N) is 1. The number of hydrogen-bond acceptors (Lipinski definition) is 5. The summed E-state index contributed by atoms with van der Waals surface area (Å²) in [5.41, 5.74) is 0.637. The first-order valence-corrected chi connectivity index (χ1v) is 12.0. The quantitative estimate of drug-likeness (QED) is 0.746. The van der Waals surface area contributed by atoms with E-state index in [0.717, 1.165) is 55.7 Å². The lowest BCUT2D eigenvalue weighted by Crippen LogP contribution is -2.61. The average molecular weight is 436 g/mol. The summed E-state index contributed by atoms with van der Waals surface area (Å²) >= 11 is 0. The van der Waals surface area contributed by atoms with Crippen LogP contribution < -0.4 is 10.9 Å². The fourth-order valence-corrected chi connectivity index (χ4v) is 7.12. The van der Waals surface area contributed by atoms with Gasteiger partial charge in [0.05, 0.1) is 16.5 Å². The molecule has 1 N–H and O–H groups in total. The fraction of sp³-hybridized carbons (Fsp3) is 0.600. The molecule has 0 saturated heterocycles. The van der Waals surface area contributed by atoms with Gasteiger partial charge in [-0.25, -0.2) is 9.78 Å². The number of hydrogen-bond donors (Lipinski definition) is 1. The van der Waals surface area contributed by atoms with Crippen LogP contribution in [-0.2, 0) is 22.5 Å². The molecule has 5 aliphatic rings. The van der Waals surface area contributed by atoms with Crippen LogP contribution in [-0.4, -0.2) is 33.1 Å². The first kappa shape index (κ1) is 19.9. The number of esters is 1. The molecule has 0 unspecified atom stereocenters. The number of carbonyl (C=O) groups is 2. The summed E-state index contributed by atoms with van der Waals surface area (Å²) in [5.74, 6) is 2.18. The number of ether oxygens (including phenoxy) is 1. The van der Waals surface area contributed by atoms with E-state index in [9.17, 15) is 14.4 Å². The van der Waals surface area contributed by atoms with Gasteiger partial charge in [0.1, 0.15) is 5.82 Å². The molecule has 4 fully saturated rings. The summed E-state index contributed by atoms with van der Waals surface area (Å²) in [7, 11) is 0. The van der Waals surface area contributed by atoms with E-state index in [2.05, 4.69) is 10.3 Å². The lowest BCUT2D eigenvalue weighted by atomic mass is 9.53. The molecule has 1 aromatic heterocycles. The summed E-state index contributed by atoms with van der Waals surface area (Å²) in [6.45, 7) is 2.32. The molecule has 32 heavy (non-hydrogen) atoms. The SMILES string of the molecule is C[C@H](OC(=O)c1ccc2c(=O)n3c(nc2c1)CCC3)C(=O)NC12CC3CC(CC(C3)C1)C2. The predicted molar refractivity (Wildman–Crippen MR) is 118 cm³/mol. The van der Waals surface area contributed by atoms with Crippen molar-refractivity contribution in [2.75, 3.05) is 0 Å². The summed E-state index contributed by atoms with van der Waals surface area (Å²) in [5, 5.41) is 3.77. The Morgan fingerprint density at radius 2 is 1.84 bits per heavy atom. The Morgan fingerprint density at radius 3 is 2.53 bits per heavy atom. The predicted octanol–water partition coefficient (Wildman–Crippen LogP) is 2.97. The minimum absolute atomic E-state index is 0.0641. The van der Waals surface area contributed by atoms with E-state index in [1.807, 2.05) is 0 Å². The van der Waals surface area contributed by atoms with Crippen LogP contribution in [0.3, 0.4) is 0 Å². The minimum Gasteiger partial charge on any atom is -0.449 e. The highest BCUT2D eigenvalue weighted by molar-refractivity contribution is 5.95. The molecule has 0 spiro atoms. The van der Waals surface area contributed by atoms with Gasteiger partial charge in [0.25, 0.3) is 11.5 Å². The highest BCUT2D eigenvalue weighted by atomic mass is 16.5. The van der Waals surface area contributed by atoms with E-state index in [1.165, 1.54) is 19.3 Å². The Kier molecular flexibility index (Phi) is 4.46. The molecule has 4 saturated carbocycles. The standard InChI is InChI=1S/C25H29N3O4/c1-14(22(29)27-25-11-15-7-16(12-25)9-17(8-15)13-25)32-24(31)18-4-5-19-20(10-18)26-21-3-2-6-28(21)23(19)30/h4-5,10,14-17H,2-3,6-9,11-13H2,1H3,(H,27,29)/t14-,15?,16?,17?,25?/m0/s1. The van der Waals surface area contributed by atoms with Crippen molar-refractivity contribution in [1.82, 2.24) is 14.9 Å². The molecule has 168 valence electrons. The van der Waals surface area contributed by atoms with E-state index >= 15 is 0 Å². The maximum absolute atomic E-state index is 12.9. The number of carbonyl (C=O) groups excluding carboxylic acids is 2. The van der Waals surface area contributed by atoms with Crippen LogP contribution >= 0.6 is 0 Å². The Morgan fingerprint density at radius 1 is 1.16 bits per heavy atom. The van der Waals surface area contributed by atoms with Gasteiger partial charge >= 0.3 is 5.97 Å². The molecule has 7 heteroatoms. The Bertz CT molecular complexity index is 1150. The Labute approximate surface area is 186 Å². The van der Waals surface area contributed by atoms with Crippen molar-refractivity contribution in [3.63, 3.8) is 0 Å². The topological polar surface area (TPSA) is 90.3 Å². The van der Waals surface area contributed by atoms with Gasteiger partial charge < -0.3 is 10.1 Å². The molecule has 2 aromatic rings. The molecule has 1 aliphatic heterocycles. The molecule has 4 aliphatic carbocycles. The molecular weight excluding hydrogens is 406 g/mol. The van der Waals surface area contributed by atoms with Crippen LogP contribution in [0.25, 0.3) is 10.9 Å². The Hall–Kier alpha value is -2.70. The molecule has 1 aromatic carbocycles. The van der Waals surface area contributed by atoms with Crippen molar-refractivity contribution >= 4 is 22.8 Å². The highest BCUT2D eigenvalue weighted by Crippen LogP contribution is 2.55. The maximum atomic E-state index is 12.9. The van der Waals surface area contributed by atoms with Crippen molar-refractivity contribution in [2.45, 2.75) is 76.5 Å². The zero-order valence-corrected chi connectivity index (χ0v) is 18.4. The number of rotatable bonds is 4. The van der Waals surface area contributed by atoms with E-state index < -0.39 is 12.1 Å². The van der Waals surface area contributed by atoms with Gasteiger partial charge in [0.2, 0.25) is 0 Å². The van der Waals surface area contributed by atoms with Crippen LogP contribution in [0.1, 0.15) is 68.1 Å². The second-order valence-corrected chi connectivity index (χ2v) is 10.6. The molecule has 1 amide bonds. The van der Waals surface area contributed by atoms with Crippen molar-refractivity contribution in [1.29, 1.82) is 0 Å². The molecule has 0 radical (unpaired) electrons. The fourth-order valence-electron chi connectivity index (χ4n) is 7.12. The van der Waals surface area contributed by atoms with Gasteiger partial charge in [-0.1, -0.05) is 0 Å². The largest absolute Gasteiger partial charge is 0.449 e. The summed E-state index contributed by atoms with van der Waals surface area (Å²) in [6, 6.07) is 4.81. The van der Waals surface area contributed by atoms with E-state index in [1.54, 1.807) is 29.7 Å². The number of benzene rings is 1. The molecule has 2 heterocycles. The second kappa shape index (κ2) is 7.15. The van der Waals surface area contributed by atoms with Gasteiger partial charge in [0, 0.05) is 18.5 Å². The van der Waals surface area contributed by atoms with Crippen LogP contribution in [0.15, 0.2) is 23.0 Å². The number of nitrogens with zero attached hydrogens (tertiary/aromatic N) is 2. The first-order chi connectivity index (χ1) is 15.4. The molecule has 7 rings (SSSR count).